The lowest BCUT2D eigenvalue weighted by atomic mass is 10.3. The molecule has 1 aromatic rings. The third-order valence-electron chi connectivity index (χ3n) is 2.78. The van der Waals surface area contributed by atoms with Gasteiger partial charge in [0.05, 0.1) is 11.4 Å². The summed E-state index contributed by atoms with van der Waals surface area (Å²) in [6.07, 6.45) is 0.598. The highest BCUT2D eigenvalue weighted by atomic mass is 32.2. The van der Waals surface area contributed by atoms with Crippen LogP contribution in [0.2, 0.25) is 0 Å². The van der Waals surface area contributed by atoms with Crippen molar-refractivity contribution in [2.45, 2.75) is 26.3 Å². The molecule has 0 unspecified atom stereocenters. The van der Waals surface area contributed by atoms with E-state index in [-0.39, 0.29) is 5.75 Å². The summed E-state index contributed by atoms with van der Waals surface area (Å²) in [7, 11) is 0.560. The summed E-state index contributed by atoms with van der Waals surface area (Å²) in [4.78, 5) is 1.93. The van der Waals surface area contributed by atoms with Crippen molar-refractivity contribution in [3.05, 3.63) is 24.3 Å². The fourth-order valence-electron chi connectivity index (χ4n) is 1.73. The van der Waals surface area contributed by atoms with Crippen molar-refractivity contribution in [1.29, 1.82) is 0 Å². The number of nitrogens with one attached hydrogen (secondary N) is 2. The molecule has 0 fully saturated rings. The molecule has 0 aliphatic heterocycles. The molecule has 0 amide bonds. The maximum Gasteiger partial charge on any atom is 0.232 e. The summed E-state index contributed by atoms with van der Waals surface area (Å²) in [5, 5.41) is 3.21. The van der Waals surface area contributed by atoms with Gasteiger partial charge < -0.3 is 10.2 Å². The number of sulfonamides is 1. The second-order valence-corrected chi connectivity index (χ2v) is 7.17. The molecule has 1 aromatic carbocycles. The Morgan fingerprint density at radius 1 is 1.25 bits per heavy atom. The van der Waals surface area contributed by atoms with Crippen LogP contribution in [0.25, 0.3) is 0 Å². The first-order chi connectivity index (χ1) is 9.30. The summed E-state index contributed by atoms with van der Waals surface area (Å²) < 4.78 is 26.6. The maximum absolute atomic E-state index is 12.0. The van der Waals surface area contributed by atoms with E-state index in [9.17, 15) is 8.42 Å². The predicted octanol–water partition coefficient (Wildman–Crippen LogP) is 1.88. The van der Waals surface area contributed by atoms with Crippen LogP contribution in [0.5, 0.6) is 0 Å². The van der Waals surface area contributed by atoms with Gasteiger partial charge in [-0.25, -0.2) is 8.42 Å². The van der Waals surface area contributed by atoms with E-state index >= 15 is 0 Å². The van der Waals surface area contributed by atoms with Gasteiger partial charge in [0, 0.05) is 25.8 Å². The molecular weight excluding hydrogens is 274 g/mol. The average molecular weight is 299 g/mol. The SMILES string of the molecule is CC(C)NCCCS(=O)(=O)Nc1cccc(N(C)C)c1. The van der Waals surface area contributed by atoms with Crippen LogP contribution in [0.3, 0.4) is 0 Å². The second kappa shape index (κ2) is 7.50. The molecule has 0 saturated heterocycles. The molecule has 5 nitrogen and oxygen atoms in total. The molecule has 20 heavy (non-hydrogen) atoms. The van der Waals surface area contributed by atoms with Crippen molar-refractivity contribution in [2.24, 2.45) is 0 Å². The maximum atomic E-state index is 12.0. The van der Waals surface area contributed by atoms with E-state index in [1.54, 1.807) is 6.07 Å². The molecule has 6 heteroatoms. The summed E-state index contributed by atoms with van der Waals surface area (Å²) in [6, 6.07) is 7.74. The van der Waals surface area contributed by atoms with E-state index in [1.807, 2.05) is 51.0 Å². The number of hydrogen-bond donors (Lipinski definition) is 2. The zero-order chi connectivity index (χ0) is 15.2. The third kappa shape index (κ3) is 6.25. The predicted molar refractivity (Wildman–Crippen MR) is 85.9 cm³/mol. The van der Waals surface area contributed by atoms with Crippen LogP contribution in [-0.2, 0) is 10.0 Å². The Labute approximate surface area is 122 Å². The minimum Gasteiger partial charge on any atom is -0.378 e. The lowest BCUT2D eigenvalue weighted by Gasteiger charge is -2.14. The Hall–Kier alpha value is -1.27. The molecule has 0 saturated carbocycles. The van der Waals surface area contributed by atoms with Gasteiger partial charge >= 0.3 is 0 Å². The normalized spacial score (nSPS) is 11.7. The first-order valence-corrected chi connectivity index (χ1v) is 8.46. The standard InChI is InChI=1S/C14H25N3O2S/c1-12(2)15-9-6-10-20(18,19)16-13-7-5-8-14(11-13)17(3)4/h5,7-8,11-12,15-16H,6,9-10H2,1-4H3. The Kier molecular flexibility index (Phi) is 6.29. The van der Waals surface area contributed by atoms with E-state index in [0.29, 0.717) is 24.7 Å². The largest absolute Gasteiger partial charge is 0.378 e. The van der Waals surface area contributed by atoms with Crippen LogP contribution in [0.15, 0.2) is 24.3 Å². The highest BCUT2D eigenvalue weighted by molar-refractivity contribution is 7.92. The molecule has 0 bridgehead atoms. The topological polar surface area (TPSA) is 61.4 Å². The molecule has 0 atom stereocenters. The zero-order valence-electron chi connectivity index (χ0n) is 12.7. The van der Waals surface area contributed by atoms with Gasteiger partial charge in [-0.05, 0) is 31.2 Å². The van der Waals surface area contributed by atoms with Gasteiger partial charge in [-0.2, -0.15) is 0 Å². The van der Waals surface area contributed by atoms with Crippen LogP contribution in [0.4, 0.5) is 11.4 Å². The Balaban J connectivity index is 2.55. The van der Waals surface area contributed by atoms with Crippen molar-refractivity contribution >= 4 is 21.4 Å². The Morgan fingerprint density at radius 2 is 1.95 bits per heavy atom. The molecular formula is C14H25N3O2S. The summed E-state index contributed by atoms with van der Waals surface area (Å²) in [6.45, 7) is 4.79. The number of benzene rings is 1. The van der Waals surface area contributed by atoms with Crippen LogP contribution < -0.4 is 14.9 Å². The van der Waals surface area contributed by atoms with E-state index < -0.39 is 10.0 Å². The molecule has 0 radical (unpaired) electrons. The molecule has 2 N–H and O–H groups in total. The molecule has 0 aliphatic carbocycles. The van der Waals surface area contributed by atoms with Crippen molar-refractivity contribution in [3.63, 3.8) is 0 Å². The van der Waals surface area contributed by atoms with Crippen LogP contribution in [0.1, 0.15) is 20.3 Å². The first kappa shape index (κ1) is 16.8. The minimum atomic E-state index is -3.28. The molecule has 0 aromatic heterocycles. The van der Waals surface area contributed by atoms with Crippen molar-refractivity contribution in [2.75, 3.05) is 36.0 Å². The van der Waals surface area contributed by atoms with Gasteiger partial charge in [-0.3, -0.25) is 4.72 Å². The highest BCUT2D eigenvalue weighted by Gasteiger charge is 2.10. The fraction of sp³-hybridized carbons (Fsp3) is 0.571. The molecule has 0 heterocycles. The van der Waals surface area contributed by atoms with Gasteiger partial charge in [0.15, 0.2) is 0 Å². The zero-order valence-corrected chi connectivity index (χ0v) is 13.5. The van der Waals surface area contributed by atoms with E-state index in [2.05, 4.69) is 10.0 Å². The van der Waals surface area contributed by atoms with Gasteiger partial charge in [0.25, 0.3) is 0 Å². The summed E-state index contributed by atoms with van der Waals surface area (Å²) in [5.74, 6) is 0.124. The van der Waals surface area contributed by atoms with Crippen LogP contribution >= 0.6 is 0 Å². The van der Waals surface area contributed by atoms with Gasteiger partial charge in [-0.15, -0.1) is 0 Å². The molecule has 1 rings (SSSR count). The number of anilines is 2. The molecule has 114 valence electrons. The Bertz CT molecular complexity index is 513. The van der Waals surface area contributed by atoms with Gasteiger partial charge in [0.1, 0.15) is 0 Å². The number of rotatable bonds is 8. The molecule has 0 aliphatic rings. The van der Waals surface area contributed by atoms with E-state index in [0.717, 1.165) is 5.69 Å². The molecule has 0 spiro atoms. The average Bonchev–Trinajstić information content (AvgIpc) is 2.34. The third-order valence-corrected chi connectivity index (χ3v) is 4.15. The summed E-state index contributed by atoms with van der Waals surface area (Å²) in [5.41, 5.74) is 1.57. The van der Waals surface area contributed by atoms with Crippen molar-refractivity contribution in [1.82, 2.24) is 5.32 Å². The number of hydrogen-bond acceptors (Lipinski definition) is 4. The quantitative estimate of drug-likeness (QED) is 0.720. The number of nitrogens with zero attached hydrogens (tertiary/aromatic N) is 1. The monoisotopic (exact) mass is 299 g/mol. The highest BCUT2D eigenvalue weighted by Crippen LogP contribution is 2.18. The lowest BCUT2D eigenvalue weighted by molar-refractivity contribution is 0.571. The second-order valence-electron chi connectivity index (χ2n) is 5.33. The van der Waals surface area contributed by atoms with Crippen molar-refractivity contribution < 1.29 is 8.42 Å². The fourth-order valence-corrected chi connectivity index (χ4v) is 2.84. The van der Waals surface area contributed by atoms with E-state index in [1.165, 1.54) is 0 Å². The van der Waals surface area contributed by atoms with E-state index in [4.69, 9.17) is 0 Å². The van der Waals surface area contributed by atoms with Crippen molar-refractivity contribution in [3.8, 4) is 0 Å². The van der Waals surface area contributed by atoms with Gasteiger partial charge in [-0.1, -0.05) is 19.9 Å². The van der Waals surface area contributed by atoms with Crippen LogP contribution in [0, 0.1) is 0 Å². The smallest absolute Gasteiger partial charge is 0.232 e. The summed E-state index contributed by atoms with van der Waals surface area (Å²) >= 11 is 0. The van der Waals surface area contributed by atoms with Crippen LogP contribution in [-0.4, -0.2) is 40.9 Å². The van der Waals surface area contributed by atoms with Gasteiger partial charge in [0.2, 0.25) is 10.0 Å². The minimum absolute atomic E-state index is 0.124. The lowest BCUT2D eigenvalue weighted by Crippen LogP contribution is -2.26. The first-order valence-electron chi connectivity index (χ1n) is 6.81. The Morgan fingerprint density at radius 3 is 2.55 bits per heavy atom.